The van der Waals surface area contributed by atoms with E-state index in [0.29, 0.717) is 24.3 Å². The van der Waals surface area contributed by atoms with E-state index in [2.05, 4.69) is 5.32 Å². The molecule has 0 aliphatic carbocycles. The zero-order valence-corrected chi connectivity index (χ0v) is 18.6. The number of carbonyl (C=O) groups is 2. The van der Waals surface area contributed by atoms with E-state index >= 15 is 0 Å². The molecule has 0 radical (unpaired) electrons. The van der Waals surface area contributed by atoms with Crippen molar-refractivity contribution in [2.75, 3.05) is 18.4 Å². The summed E-state index contributed by atoms with van der Waals surface area (Å²) in [6.45, 7) is 4.85. The average molecular weight is 449 g/mol. The predicted octanol–water partition coefficient (Wildman–Crippen LogP) is 4.34. The van der Waals surface area contributed by atoms with E-state index in [0.717, 1.165) is 24.0 Å². The monoisotopic (exact) mass is 448 g/mol. The minimum Gasteiger partial charge on any atom is -0.326 e. The number of anilines is 1. The molecule has 0 atom stereocenters. The molecule has 1 fully saturated rings. The number of ketones is 1. The topological polar surface area (TPSA) is 83.5 Å². The SMILES string of the molecule is Cc1ccc(C(=O)CCC(=O)Nc2ccc(Cl)c(S(=O)(=O)N3CCCC3)c2)cc1C. The minimum atomic E-state index is -3.70. The molecule has 1 aliphatic rings. The quantitative estimate of drug-likeness (QED) is 0.638. The first-order chi connectivity index (χ1) is 14.2. The van der Waals surface area contributed by atoms with Crippen LogP contribution in [0, 0.1) is 13.8 Å². The highest BCUT2D eigenvalue weighted by Crippen LogP contribution is 2.29. The smallest absolute Gasteiger partial charge is 0.244 e. The van der Waals surface area contributed by atoms with Crippen molar-refractivity contribution in [2.24, 2.45) is 0 Å². The number of nitrogens with zero attached hydrogens (tertiary/aromatic N) is 1. The highest BCUT2D eigenvalue weighted by atomic mass is 35.5. The second-order valence-corrected chi connectivity index (χ2v) is 9.84. The summed E-state index contributed by atoms with van der Waals surface area (Å²) in [5.74, 6) is -0.472. The second-order valence-electron chi connectivity index (χ2n) is 7.53. The summed E-state index contributed by atoms with van der Waals surface area (Å²) in [6.07, 6.45) is 1.72. The molecule has 0 spiro atoms. The van der Waals surface area contributed by atoms with Crippen LogP contribution in [0.15, 0.2) is 41.3 Å². The van der Waals surface area contributed by atoms with E-state index in [9.17, 15) is 18.0 Å². The Morgan fingerprint density at radius 2 is 1.70 bits per heavy atom. The highest BCUT2D eigenvalue weighted by Gasteiger charge is 2.29. The fraction of sp³-hybridized carbons (Fsp3) is 0.364. The Bertz CT molecular complexity index is 1080. The maximum absolute atomic E-state index is 12.8. The van der Waals surface area contributed by atoms with Gasteiger partial charge in [0.2, 0.25) is 15.9 Å². The van der Waals surface area contributed by atoms with Gasteiger partial charge in [-0.1, -0.05) is 23.7 Å². The van der Waals surface area contributed by atoms with Gasteiger partial charge in [-0.15, -0.1) is 0 Å². The van der Waals surface area contributed by atoms with Crippen LogP contribution in [0.3, 0.4) is 0 Å². The van der Waals surface area contributed by atoms with Crippen molar-refractivity contribution in [3.05, 3.63) is 58.1 Å². The Morgan fingerprint density at radius 1 is 1.00 bits per heavy atom. The summed E-state index contributed by atoms with van der Waals surface area (Å²) in [5.41, 5.74) is 3.04. The van der Waals surface area contributed by atoms with Gasteiger partial charge in [0, 0.05) is 37.2 Å². The first-order valence-corrected chi connectivity index (χ1v) is 11.7. The molecule has 0 saturated carbocycles. The molecule has 1 heterocycles. The number of hydrogen-bond acceptors (Lipinski definition) is 4. The standard InChI is InChI=1S/C22H25ClN2O4S/c1-15-5-6-17(13-16(15)2)20(26)9-10-22(27)24-18-7-8-19(23)21(14-18)30(28,29)25-11-3-4-12-25/h5-8,13-14H,3-4,9-12H2,1-2H3,(H,24,27). The van der Waals surface area contributed by atoms with E-state index in [1.165, 1.54) is 16.4 Å². The van der Waals surface area contributed by atoms with Crippen LogP contribution in [-0.2, 0) is 14.8 Å². The highest BCUT2D eigenvalue weighted by molar-refractivity contribution is 7.89. The number of nitrogens with one attached hydrogen (secondary N) is 1. The lowest BCUT2D eigenvalue weighted by Gasteiger charge is -2.17. The third kappa shape index (κ3) is 5.09. The van der Waals surface area contributed by atoms with Gasteiger partial charge in [0.1, 0.15) is 4.90 Å². The second kappa shape index (κ2) is 9.29. The van der Waals surface area contributed by atoms with Crippen molar-refractivity contribution in [2.45, 2.75) is 44.4 Å². The average Bonchev–Trinajstić information content (AvgIpc) is 3.25. The van der Waals surface area contributed by atoms with Gasteiger partial charge in [-0.25, -0.2) is 8.42 Å². The number of hydrogen-bond donors (Lipinski definition) is 1. The van der Waals surface area contributed by atoms with Crippen molar-refractivity contribution in [1.82, 2.24) is 4.31 Å². The van der Waals surface area contributed by atoms with Gasteiger partial charge in [0.15, 0.2) is 5.78 Å². The number of rotatable bonds is 7. The van der Waals surface area contributed by atoms with Gasteiger partial charge >= 0.3 is 0 Å². The van der Waals surface area contributed by atoms with E-state index in [-0.39, 0.29) is 34.5 Å². The van der Waals surface area contributed by atoms with Crippen LogP contribution >= 0.6 is 11.6 Å². The number of amides is 1. The Labute approximate surface area is 182 Å². The normalized spacial score (nSPS) is 14.6. The minimum absolute atomic E-state index is 0.00257. The van der Waals surface area contributed by atoms with Gasteiger partial charge in [0.05, 0.1) is 5.02 Å². The summed E-state index contributed by atoms with van der Waals surface area (Å²) in [5, 5.41) is 2.78. The first-order valence-electron chi connectivity index (χ1n) is 9.88. The van der Waals surface area contributed by atoms with E-state index in [1.54, 1.807) is 12.1 Å². The predicted molar refractivity (Wildman–Crippen MR) is 118 cm³/mol. The van der Waals surface area contributed by atoms with Crippen molar-refractivity contribution >= 4 is 39.0 Å². The molecule has 2 aromatic rings. The van der Waals surface area contributed by atoms with Crippen LogP contribution in [-0.4, -0.2) is 37.5 Å². The zero-order chi connectivity index (χ0) is 21.9. The maximum atomic E-state index is 12.8. The van der Waals surface area contributed by atoms with E-state index in [4.69, 9.17) is 11.6 Å². The molecule has 1 saturated heterocycles. The van der Waals surface area contributed by atoms with Crippen LogP contribution in [0.4, 0.5) is 5.69 Å². The first kappa shape index (κ1) is 22.5. The van der Waals surface area contributed by atoms with Crippen molar-refractivity contribution in [3.8, 4) is 0 Å². The summed E-state index contributed by atoms with van der Waals surface area (Å²) in [4.78, 5) is 24.7. The molecule has 0 aromatic heterocycles. The van der Waals surface area contributed by atoms with E-state index in [1.807, 2.05) is 26.0 Å². The summed E-state index contributed by atoms with van der Waals surface area (Å²) >= 11 is 6.13. The summed E-state index contributed by atoms with van der Waals surface area (Å²) < 4.78 is 27.0. The molecule has 30 heavy (non-hydrogen) atoms. The fourth-order valence-electron chi connectivity index (χ4n) is 3.36. The van der Waals surface area contributed by atoms with Crippen LogP contribution in [0.25, 0.3) is 0 Å². The molecule has 160 valence electrons. The molecule has 8 heteroatoms. The van der Waals surface area contributed by atoms with Gasteiger partial charge in [0.25, 0.3) is 0 Å². The number of Topliss-reactive ketones (excluding diaryl/α,β-unsaturated/α-hetero) is 1. The van der Waals surface area contributed by atoms with Gasteiger partial charge in [-0.3, -0.25) is 9.59 Å². The molecule has 1 N–H and O–H groups in total. The van der Waals surface area contributed by atoms with Crippen LogP contribution in [0.2, 0.25) is 5.02 Å². The Balaban J connectivity index is 1.65. The van der Waals surface area contributed by atoms with Crippen molar-refractivity contribution < 1.29 is 18.0 Å². The van der Waals surface area contributed by atoms with Crippen LogP contribution < -0.4 is 5.32 Å². The number of carbonyl (C=O) groups excluding carboxylic acids is 2. The summed E-state index contributed by atoms with van der Waals surface area (Å²) in [7, 11) is -3.70. The molecule has 1 amide bonds. The third-order valence-electron chi connectivity index (χ3n) is 5.31. The van der Waals surface area contributed by atoms with E-state index < -0.39 is 10.0 Å². The zero-order valence-electron chi connectivity index (χ0n) is 17.1. The largest absolute Gasteiger partial charge is 0.326 e. The lowest BCUT2D eigenvalue weighted by molar-refractivity contribution is -0.116. The molecule has 0 unspecified atom stereocenters. The molecule has 6 nitrogen and oxygen atoms in total. The molecular formula is C22H25ClN2O4S. The van der Waals surface area contributed by atoms with Gasteiger partial charge in [-0.05, 0) is 62.1 Å². The van der Waals surface area contributed by atoms with Crippen LogP contribution in [0.5, 0.6) is 0 Å². The van der Waals surface area contributed by atoms with Gasteiger partial charge in [-0.2, -0.15) is 4.31 Å². The van der Waals surface area contributed by atoms with Crippen molar-refractivity contribution in [3.63, 3.8) is 0 Å². The molecule has 3 rings (SSSR count). The lowest BCUT2D eigenvalue weighted by atomic mass is 10.0. The van der Waals surface area contributed by atoms with Crippen LogP contribution in [0.1, 0.15) is 47.2 Å². The lowest BCUT2D eigenvalue weighted by Crippen LogP contribution is -2.28. The molecular weight excluding hydrogens is 424 g/mol. The van der Waals surface area contributed by atoms with Crippen molar-refractivity contribution in [1.29, 1.82) is 0 Å². The Kier molecular flexibility index (Phi) is 6.95. The Hall–Kier alpha value is -2.22. The number of aryl methyl sites for hydroxylation is 2. The summed E-state index contributed by atoms with van der Waals surface area (Å²) in [6, 6.07) is 9.86. The maximum Gasteiger partial charge on any atom is 0.244 e. The molecule has 2 aromatic carbocycles. The number of sulfonamides is 1. The fourth-order valence-corrected chi connectivity index (χ4v) is 5.37. The molecule has 0 bridgehead atoms. The Morgan fingerprint density at radius 3 is 2.37 bits per heavy atom. The third-order valence-corrected chi connectivity index (χ3v) is 7.69. The number of benzene rings is 2. The molecule has 1 aliphatic heterocycles. The van der Waals surface area contributed by atoms with Gasteiger partial charge < -0.3 is 5.32 Å². The number of halogens is 1.